The van der Waals surface area contributed by atoms with Crippen LogP contribution in [0.1, 0.15) is 17.7 Å². The molecule has 1 aromatic heterocycles. The van der Waals surface area contributed by atoms with Crippen LogP contribution in [0.2, 0.25) is 0 Å². The monoisotopic (exact) mass is 256 g/mol. The molecule has 100 valence electrons. The summed E-state index contributed by atoms with van der Waals surface area (Å²) in [5.41, 5.74) is 4.25. The number of nitrogens with one attached hydrogen (secondary N) is 1. The molecule has 0 bridgehead atoms. The number of nitrogens with zero attached hydrogens (tertiary/aromatic N) is 1. The third-order valence-corrected chi connectivity index (χ3v) is 4.50. The largest absolute Gasteiger partial charge is 0.381 e. The summed E-state index contributed by atoms with van der Waals surface area (Å²) in [5, 5.41) is 1.41. The van der Waals surface area contributed by atoms with Crippen LogP contribution in [0.3, 0.4) is 0 Å². The maximum atomic E-state index is 5.49. The Balaban J connectivity index is 1.58. The first kappa shape index (κ1) is 11.5. The van der Waals surface area contributed by atoms with E-state index in [0.29, 0.717) is 0 Å². The van der Waals surface area contributed by atoms with E-state index < -0.39 is 0 Å². The SMILES string of the molecule is c1ccc2c3c([nH]c2c1)CCN(CC1CCOC1)C3. The van der Waals surface area contributed by atoms with Crippen molar-refractivity contribution in [3.05, 3.63) is 35.5 Å². The van der Waals surface area contributed by atoms with E-state index in [1.807, 2.05) is 0 Å². The standard InChI is InChI=1S/C16H20N2O/c1-2-4-15-13(3-1)14-10-18(7-5-16(14)17-15)9-12-6-8-19-11-12/h1-4,12,17H,5-11H2. The number of aromatic amines is 1. The summed E-state index contributed by atoms with van der Waals surface area (Å²) in [4.78, 5) is 6.18. The second-order valence-electron chi connectivity index (χ2n) is 5.84. The summed E-state index contributed by atoms with van der Waals surface area (Å²) >= 11 is 0. The lowest BCUT2D eigenvalue weighted by atomic mass is 10.0. The van der Waals surface area contributed by atoms with Gasteiger partial charge in [0.25, 0.3) is 0 Å². The zero-order valence-corrected chi connectivity index (χ0v) is 11.2. The van der Waals surface area contributed by atoms with E-state index in [0.717, 1.165) is 32.1 Å². The predicted molar refractivity (Wildman–Crippen MR) is 76.2 cm³/mol. The number of H-pyrrole nitrogens is 1. The molecule has 1 fully saturated rings. The van der Waals surface area contributed by atoms with Crippen molar-refractivity contribution in [3.8, 4) is 0 Å². The van der Waals surface area contributed by atoms with Gasteiger partial charge in [0, 0.05) is 49.3 Å². The average Bonchev–Trinajstić information content (AvgIpc) is 3.06. The lowest BCUT2D eigenvalue weighted by Gasteiger charge is -2.29. The van der Waals surface area contributed by atoms with Crippen LogP contribution in [0.25, 0.3) is 10.9 Å². The van der Waals surface area contributed by atoms with Gasteiger partial charge in [-0.05, 0) is 24.0 Å². The molecular formula is C16H20N2O. The van der Waals surface area contributed by atoms with Gasteiger partial charge in [-0.25, -0.2) is 0 Å². The van der Waals surface area contributed by atoms with Crippen LogP contribution in [0, 0.1) is 5.92 Å². The Morgan fingerprint density at radius 3 is 3.16 bits per heavy atom. The average molecular weight is 256 g/mol. The van der Waals surface area contributed by atoms with Gasteiger partial charge in [0.1, 0.15) is 0 Å². The molecule has 1 atom stereocenters. The third-order valence-electron chi connectivity index (χ3n) is 4.50. The third kappa shape index (κ3) is 2.07. The molecule has 0 aliphatic carbocycles. The molecule has 0 saturated carbocycles. The minimum atomic E-state index is 0.742. The van der Waals surface area contributed by atoms with E-state index in [9.17, 15) is 0 Å². The molecule has 19 heavy (non-hydrogen) atoms. The van der Waals surface area contributed by atoms with Crippen LogP contribution in [0.5, 0.6) is 0 Å². The van der Waals surface area contributed by atoms with Crippen LogP contribution in [0.4, 0.5) is 0 Å². The second kappa shape index (κ2) is 4.66. The zero-order chi connectivity index (χ0) is 12.7. The lowest BCUT2D eigenvalue weighted by molar-refractivity contribution is 0.162. The fourth-order valence-corrected chi connectivity index (χ4v) is 3.47. The Morgan fingerprint density at radius 2 is 2.26 bits per heavy atom. The first-order valence-electron chi connectivity index (χ1n) is 7.29. The van der Waals surface area contributed by atoms with E-state index >= 15 is 0 Å². The maximum Gasteiger partial charge on any atom is 0.0507 e. The number of benzene rings is 1. The van der Waals surface area contributed by atoms with Crippen LogP contribution in [-0.2, 0) is 17.7 Å². The number of rotatable bonds is 2. The molecule has 0 radical (unpaired) electrons. The van der Waals surface area contributed by atoms with E-state index in [1.54, 1.807) is 0 Å². The fraction of sp³-hybridized carbons (Fsp3) is 0.500. The number of hydrogen-bond acceptors (Lipinski definition) is 2. The van der Waals surface area contributed by atoms with E-state index in [2.05, 4.69) is 34.1 Å². The Bertz CT molecular complexity index is 583. The highest BCUT2D eigenvalue weighted by Gasteiger charge is 2.24. The lowest BCUT2D eigenvalue weighted by Crippen LogP contribution is -2.34. The highest BCUT2D eigenvalue weighted by Crippen LogP contribution is 2.28. The Hall–Kier alpha value is -1.32. The second-order valence-corrected chi connectivity index (χ2v) is 5.84. The first-order valence-corrected chi connectivity index (χ1v) is 7.29. The van der Waals surface area contributed by atoms with Crippen LogP contribution in [0.15, 0.2) is 24.3 Å². The van der Waals surface area contributed by atoms with Gasteiger partial charge in [-0.3, -0.25) is 4.90 Å². The molecule has 3 heterocycles. The molecular weight excluding hydrogens is 236 g/mol. The van der Waals surface area contributed by atoms with Crippen molar-refractivity contribution in [2.75, 3.05) is 26.3 Å². The van der Waals surface area contributed by atoms with Crippen molar-refractivity contribution < 1.29 is 4.74 Å². The molecule has 3 nitrogen and oxygen atoms in total. The summed E-state index contributed by atoms with van der Waals surface area (Å²) in [6.07, 6.45) is 2.38. The summed E-state index contributed by atoms with van der Waals surface area (Å²) in [6.45, 7) is 5.37. The molecule has 2 aliphatic heterocycles. The molecule has 1 unspecified atom stereocenters. The van der Waals surface area contributed by atoms with Gasteiger partial charge < -0.3 is 9.72 Å². The highest BCUT2D eigenvalue weighted by molar-refractivity contribution is 5.84. The van der Waals surface area contributed by atoms with Gasteiger partial charge in [0.15, 0.2) is 0 Å². The molecule has 1 N–H and O–H groups in total. The molecule has 2 aliphatic rings. The Kier molecular flexibility index (Phi) is 2.82. The van der Waals surface area contributed by atoms with Gasteiger partial charge in [-0.1, -0.05) is 18.2 Å². The summed E-state index contributed by atoms with van der Waals surface area (Å²) in [5.74, 6) is 0.742. The number of aromatic nitrogens is 1. The smallest absolute Gasteiger partial charge is 0.0507 e. The first-order chi connectivity index (χ1) is 9.40. The molecule has 0 amide bonds. The number of ether oxygens (including phenoxy) is 1. The summed E-state index contributed by atoms with van der Waals surface area (Å²) in [6, 6.07) is 8.67. The van der Waals surface area contributed by atoms with Crippen molar-refractivity contribution in [2.24, 2.45) is 5.92 Å². The highest BCUT2D eigenvalue weighted by atomic mass is 16.5. The maximum absolute atomic E-state index is 5.49. The van der Waals surface area contributed by atoms with Gasteiger partial charge in [0.05, 0.1) is 6.61 Å². The molecule has 3 heteroatoms. The van der Waals surface area contributed by atoms with E-state index in [-0.39, 0.29) is 0 Å². The predicted octanol–water partition coefficient (Wildman–Crippen LogP) is 2.56. The van der Waals surface area contributed by atoms with Crippen LogP contribution >= 0.6 is 0 Å². The summed E-state index contributed by atoms with van der Waals surface area (Å²) in [7, 11) is 0. The van der Waals surface area contributed by atoms with Crippen molar-refractivity contribution in [1.82, 2.24) is 9.88 Å². The molecule has 2 aromatic rings. The topological polar surface area (TPSA) is 28.3 Å². The van der Waals surface area contributed by atoms with E-state index in [4.69, 9.17) is 4.74 Å². The zero-order valence-electron chi connectivity index (χ0n) is 11.2. The van der Waals surface area contributed by atoms with Crippen molar-refractivity contribution in [2.45, 2.75) is 19.4 Å². The molecule has 4 rings (SSSR count). The van der Waals surface area contributed by atoms with Gasteiger partial charge in [-0.15, -0.1) is 0 Å². The van der Waals surface area contributed by atoms with Crippen molar-refractivity contribution >= 4 is 10.9 Å². The quantitative estimate of drug-likeness (QED) is 0.894. The number of hydrogen-bond donors (Lipinski definition) is 1. The molecule has 0 spiro atoms. The Morgan fingerprint density at radius 1 is 1.32 bits per heavy atom. The van der Waals surface area contributed by atoms with E-state index in [1.165, 1.54) is 41.7 Å². The van der Waals surface area contributed by atoms with Gasteiger partial charge in [0.2, 0.25) is 0 Å². The van der Waals surface area contributed by atoms with Gasteiger partial charge in [-0.2, -0.15) is 0 Å². The normalized spacial score (nSPS) is 23.9. The minimum Gasteiger partial charge on any atom is -0.381 e. The number of para-hydroxylation sites is 1. The molecule has 1 aromatic carbocycles. The minimum absolute atomic E-state index is 0.742. The van der Waals surface area contributed by atoms with Crippen molar-refractivity contribution in [1.29, 1.82) is 0 Å². The summed E-state index contributed by atoms with van der Waals surface area (Å²) < 4.78 is 5.49. The molecule has 1 saturated heterocycles. The van der Waals surface area contributed by atoms with Gasteiger partial charge >= 0.3 is 0 Å². The fourth-order valence-electron chi connectivity index (χ4n) is 3.47. The van der Waals surface area contributed by atoms with Crippen LogP contribution < -0.4 is 0 Å². The van der Waals surface area contributed by atoms with Crippen molar-refractivity contribution in [3.63, 3.8) is 0 Å². The van der Waals surface area contributed by atoms with Crippen LogP contribution in [-0.4, -0.2) is 36.2 Å². The number of fused-ring (bicyclic) bond motifs is 3. The Labute approximate surface area is 113 Å².